The van der Waals surface area contributed by atoms with E-state index < -0.39 is 17.8 Å². The predicted octanol–water partition coefficient (Wildman–Crippen LogP) is 3.65. The van der Waals surface area contributed by atoms with Crippen LogP contribution in [-0.4, -0.2) is 26.9 Å². The number of hydrogen-bond donors (Lipinski definition) is 1. The van der Waals surface area contributed by atoms with E-state index in [1.165, 1.54) is 5.01 Å². The number of nitrogens with one attached hydrogen (secondary N) is 1. The monoisotopic (exact) mass is 377 g/mol. The maximum absolute atomic E-state index is 13.4. The zero-order valence-electron chi connectivity index (χ0n) is 14.5. The number of hydrogen-bond acceptors (Lipinski definition) is 6. The fourth-order valence-electron chi connectivity index (χ4n) is 3.02. The van der Waals surface area contributed by atoms with Crippen molar-refractivity contribution in [3.63, 3.8) is 0 Å². The molecule has 136 valence electrons. The van der Waals surface area contributed by atoms with E-state index in [1.54, 1.807) is 6.92 Å². The number of aromatic nitrogens is 2. The first-order valence-corrected chi connectivity index (χ1v) is 8.84. The summed E-state index contributed by atoms with van der Waals surface area (Å²) in [5.74, 6) is -2.40. The van der Waals surface area contributed by atoms with Gasteiger partial charge in [0.15, 0.2) is 5.01 Å². The first kappa shape index (κ1) is 18.2. The molecule has 0 unspecified atom stereocenters. The lowest BCUT2D eigenvalue weighted by atomic mass is 9.67. The number of nitriles is 1. The molecule has 1 fully saturated rings. The first-order valence-electron chi connectivity index (χ1n) is 8.02. The Kier molecular flexibility index (Phi) is 4.63. The van der Waals surface area contributed by atoms with Crippen molar-refractivity contribution in [3.05, 3.63) is 39.6 Å². The van der Waals surface area contributed by atoms with Gasteiger partial charge in [-0.1, -0.05) is 13.8 Å². The van der Waals surface area contributed by atoms with Crippen LogP contribution in [0.3, 0.4) is 0 Å². The second-order valence-electron chi connectivity index (χ2n) is 6.87. The van der Waals surface area contributed by atoms with E-state index in [2.05, 4.69) is 15.4 Å². The Morgan fingerprint density at radius 2 is 2.04 bits per heavy atom. The van der Waals surface area contributed by atoms with Gasteiger partial charge in [0, 0.05) is 17.0 Å². The lowest BCUT2D eigenvalue weighted by Gasteiger charge is -2.50. The smallest absolute Gasteiger partial charge is 0.292 e. The Morgan fingerprint density at radius 3 is 2.50 bits per heavy atom. The number of aryl methyl sites for hydroxylation is 1. The molecule has 0 saturated heterocycles. The first-order chi connectivity index (χ1) is 12.2. The Bertz CT molecular complexity index is 885. The fourth-order valence-corrected chi connectivity index (χ4v) is 3.73. The molecule has 1 amide bonds. The molecule has 0 bridgehead atoms. The van der Waals surface area contributed by atoms with Gasteiger partial charge < -0.3 is 0 Å². The summed E-state index contributed by atoms with van der Waals surface area (Å²) in [6.45, 7) is 5.75. The van der Waals surface area contributed by atoms with Gasteiger partial charge in [-0.25, -0.2) is 9.99 Å². The number of anilines is 1. The van der Waals surface area contributed by atoms with E-state index in [9.17, 15) is 13.6 Å². The quantitative estimate of drug-likeness (QED) is 0.650. The molecule has 2 aromatic heterocycles. The van der Waals surface area contributed by atoms with Gasteiger partial charge in [-0.2, -0.15) is 19.0 Å². The molecule has 0 radical (unpaired) electrons. The minimum atomic E-state index is -0.982. The van der Waals surface area contributed by atoms with E-state index >= 15 is 0 Å². The number of hydrazine groups is 1. The van der Waals surface area contributed by atoms with E-state index in [-0.39, 0.29) is 27.8 Å². The molecule has 6 nitrogen and oxygen atoms in total. The van der Waals surface area contributed by atoms with Crippen molar-refractivity contribution in [1.29, 1.82) is 5.26 Å². The largest absolute Gasteiger partial charge is 0.295 e. The van der Waals surface area contributed by atoms with Crippen LogP contribution in [-0.2, 0) is 0 Å². The summed E-state index contributed by atoms with van der Waals surface area (Å²) in [6, 6.07) is 3.78. The highest BCUT2D eigenvalue weighted by Crippen LogP contribution is 2.44. The number of rotatable bonds is 4. The van der Waals surface area contributed by atoms with Crippen LogP contribution in [0.2, 0.25) is 0 Å². The summed E-state index contributed by atoms with van der Waals surface area (Å²) in [5, 5.41) is 10.6. The number of halogens is 2. The van der Waals surface area contributed by atoms with Gasteiger partial charge in [-0.3, -0.25) is 10.2 Å². The molecule has 0 aromatic carbocycles. The van der Waals surface area contributed by atoms with Gasteiger partial charge in [0.1, 0.15) is 11.8 Å². The molecule has 1 saturated carbocycles. The summed E-state index contributed by atoms with van der Waals surface area (Å²) in [5.41, 5.74) is 2.90. The lowest BCUT2D eigenvalue weighted by molar-refractivity contribution is 0.0144. The lowest BCUT2D eigenvalue weighted by Crippen LogP contribution is -2.57. The van der Waals surface area contributed by atoms with Crippen molar-refractivity contribution in [2.45, 2.75) is 39.7 Å². The molecular formula is C17H17F2N5OS. The van der Waals surface area contributed by atoms with Gasteiger partial charge >= 0.3 is 0 Å². The molecule has 3 rings (SSSR count). The predicted molar refractivity (Wildman–Crippen MR) is 92.3 cm³/mol. The molecule has 9 heteroatoms. The van der Waals surface area contributed by atoms with Crippen molar-refractivity contribution >= 4 is 22.9 Å². The third kappa shape index (κ3) is 3.37. The Balaban J connectivity index is 1.97. The van der Waals surface area contributed by atoms with Crippen molar-refractivity contribution in [3.8, 4) is 6.07 Å². The minimum absolute atomic E-state index is 0.0828. The molecule has 0 spiro atoms. The molecule has 2 heterocycles. The van der Waals surface area contributed by atoms with E-state index in [0.717, 1.165) is 36.3 Å². The van der Waals surface area contributed by atoms with Crippen LogP contribution in [0.15, 0.2) is 12.1 Å². The Labute approximate surface area is 153 Å². The zero-order chi connectivity index (χ0) is 19.1. The number of nitrogens with zero attached hydrogens (tertiary/aromatic N) is 4. The van der Waals surface area contributed by atoms with Crippen molar-refractivity contribution in [2.24, 2.45) is 5.41 Å². The third-order valence-corrected chi connectivity index (χ3v) is 5.48. The highest BCUT2D eigenvalue weighted by Gasteiger charge is 2.45. The maximum atomic E-state index is 13.4. The van der Waals surface area contributed by atoms with Crippen LogP contribution in [0.25, 0.3) is 0 Å². The normalized spacial score (nSPS) is 17.9. The number of thiazole rings is 1. The van der Waals surface area contributed by atoms with E-state index in [0.29, 0.717) is 4.88 Å². The second-order valence-corrected chi connectivity index (χ2v) is 8.07. The molecule has 1 N–H and O–H groups in total. The summed E-state index contributed by atoms with van der Waals surface area (Å²) < 4.78 is 26.8. The SMILES string of the molecule is Cc1sc(C#N)nc1C(=O)N(Nc1cc(F)nc(F)c1)[C@H]1CCC1(C)C. The summed E-state index contributed by atoms with van der Waals surface area (Å²) in [4.78, 5) is 20.8. The van der Waals surface area contributed by atoms with Crippen molar-refractivity contribution in [1.82, 2.24) is 15.0 Å². The van der Waals surface area contributed by atoms with Crippen LogP contribution >= 0.6 is 11.3 Å². The van der Waals surface area contributed by atoms with Gasteiger partial charge in [0.25, 0.3) is 5.91 Å². The zero-order valence-corrected chi connectivity index (χ0v) is 15.3. The van der Waals surface area contributed by atoms with Gasteiger partial charge in [0.05, 0.1) is 11.7 Å². The van der Waals surface area contributed by atoms with Crippen LogP contribution in [0.5, 0.6) is 0 Å². The summed E-state index contributed by atoms with van der Waals surface area (Å²) in [6.07, 6.45) is 1.66. The molecule has 2 aromatic rings. The molecule has 1 aliphatic carbocycles. The molecular weight excluding hydrogens is 360 g/mol. The van der Waals surface area contributed by atoms with Crippen LogP contribution in [0.1, 0.15) is 47.1 Å². The maximum Gasteiger partial charge on any atom is 0.292 e. The van der Waals surface area contributed by atoms with Gasteiger partial charge in [0.2, 0.25) is 11.9 Å². The van der Waals surface area contributed by atoms with Crippen LogP contribution < -0.4 is 5.43 Å². The summed E-state index contributed by atoms with van der Waals surface area (Å²) >= 11 is 1.13. The minimum Gasteiger partial charge on any atom is -0.295 e. The highest BCUT2D eigenvalue weighted by molar-refractivity contribution is 7.12. The van der Waals surface area contributed by atoms with Crippen LogP contribution in [0.4, 0.5) is 14.5 Å². The van der Waals surface area contributed by atoms with Crippen molar-refractivity contribution < 1.29 is 13.6 Å². The van der Waals surface area contributed by atoms with E-state index in [1.807, 2.05) is 19.9 Å². The Morgan fingerprint density at radius 1 is 1.38 bits per heavy atom. The third-order valence-electron chi connectivity index (χ3n) is 4.60. The standard InChI is InChI=1S/C17H17F2N5OS/c1-9-15(22-14(8-20)26-9)16(25)24(11-4-5-17(11,2)3)23-10-6-12(18)21-13(19)7-10/h6-7,11H,4-5H2,1-3H3,(H,21,23)/t11-/m0/s1. The molecule has 1 aliphatic rings. The average Bonchev–Trinajstić information content (AvgIpc) is 2.92. The van der Waals surface area contributed by atoms with E-state index in [4.69, 9.17) is 5.26 Å². The van der Waals surface area contributed by atoms with Crippen LogP contribution in [0, 0.1) is 35.6 Å². The molecule has 26 heavy (non-hydrogen) atoms. The number of amides is 1. The second kappa shape index (κ2) is 6.61. The molecule has 0 aliphatic heterocycles. The van der Waals surface area contributed by atoms with Gasteiger partial charge in [-0.05, 0) is 25.2 Å². The molecule has 1 atom stereocenters. The number of pyridine rings is 1. The van der Waals surface area contributed by atoms with Crippen molar-refractivity contribution in [2.75, 3.05) is 5.43 Å². The highest BCUT2D eigenvalue weighted by atomic mass is 32.1. The van der Waals surface area contributed by atoms with Gasteiger partial charge in [-0.15, -0.1) is 11.3 Å². The topological polar surface area (TPSA) is 81.9 Å². The number of carbonyl (C=O) groups is 1. The Hall–Kier alpha value is -2.60. The summed E-state index contributed by atoms with van der Waals surface area (Å²) in [7, 11) is 0. The fraction of sp³-hybridized carbons (Fsp3) is 0.412. The average molecular weight is 377 g/mol. The number of carbonyl (C=O) groups excluding carboxylic acids is 1.